The van der Waals surface area contributed by atoms with Crippen molar-refractivity contribution in [2.75, 3.05) is 6.61 Å². The minimum Gasteiger partial charge on any atom is -0.370 e. The van der Waals surface area contributed by atoms with Crippen molar-refractivity contribution in [1.29, 1.82) is 0 Å². The first-order valence-electron chi connectivity index (χ1n) is 11.9. The predicted octanol–water partition coefficient (Wildman–Crippen LogP) is 5.35. The summed E-state index contributed by atoms with van der Waals surface area (Å²) in [5.74, 6) is -3.98. The van der Waals surface area contributed by atoms with Crippen LogP contribution in [-0.4, -0.2) is 47.8 Å². The zero-order chi connectivity index (χ0) is 24.8. The zero-order valence-corrected chi connectivity index (χ0v) is 20.3. The molecule has 0 amide bonds. The van der Waals surface area contributed by atoms with Gasteiger partial charge in [0.2, 0.25) is 6.29 Å². The molecule has 1 aliphatic rings. The maximum Gasteiger partial charge on any atom is 0.328 e. The van der Waals surface area contributed by atoms with Crippen molar-refractivity contribution in [3.63, 3.8) is 0 Å². The van der Waals surface area contributed by atoms with Crippen LogP contribution < -0.4 is 0 Å². The number of rotatable bonds is 11. The molecule has 34 heavy (non-hydrogen) atoms. The Morgan fingerprint density at radius 3 is 2.00 bits per heavy atom. The molecule has 0 saturated carbocycles. The lowest BCUT2D eigenvalue weighted by atomic mass is 9.77. The second-order valence-corrected chi connectivity index (χ2v) is 8.94. The van der Waals surface area contributed by atoms with E-state index in [1.165, 1.54) is 6.92 Å². The van der Waals surface area contributed by atoms with E-state index in [0.29, 0.717) is 6.42 Å². The molecule has 5 nitrogen and oxygen atoms in total. The van der Waals surface area contributed by atoms with Crippen LogP contribution in [0, 0.1) is 5.92 Å². The average molecular weight is 479 g/mol. The van der Waals surface area contributed by atoms with Gasteiger partial charge in [0, 0.05) is 12.5 Å². The van der Waals surface area contributed by atoms with Crippen molar-refractivity contribution < 1.29 is 32.8 Å². The van der Waals surface area contributed by atoms with Crippen LogP contribution in [0.25, 0.3) is 0 Å². The molecule has 0 spiro atoms. The zero-order valence-electron chi connectivity index (χ0n) is 20.3. The van der Waals surface area contributed by atoms with Crippen molar-refractivity contribution in [1.82, 2.24) is 0 Å². The molecule has 0 aliphatic carbocycles. The lowest BCUT2D eigenvalue weighted by Crippen LogP contribution is -2.71. The fraction of sp³-hybridized carbons (Fsp3) is 0.556. The summed E-state index contributed by atoms with van der Waals surface area (Å²) < 4.78 is 55.0. The Kier molecular flexibility index (Phi) is 9.18. The number of aliphatic hydroxyl groups excluding tert-OH is 1. The van der Waals surface area contributed by atoms with Gasteiger partial charge in [-0.3, -0.25) is 0 Å². The van der Waals surface area contributed by atoms with Gasteiger partial charge in [0.05, 0.1) is 25.4 Å². The smallest absolute Gasteiger partial charge is 0.328 e. The minimum absolute atomic E-state index is 0.0656. The fourth-order valence-corrected chi connectivity index (χ4v) is 4.54. The van der Waals surface area contributed by atoms with E-state index in [0.717, 1.165) is 11.1 Å². The molecule has 1 unspecified atom stereocenters. The summed E-state index contributed by atoms with van der Waals surface area (Å²) >= 11 is 0. The maximum atomic E-state index is 15.8. The van der Waals surface area contributed by atoms with E-state index in [1.807, 2.05) is 74.5 Å². The fourth-order valence-electron chi connectivity index (χ4n) is 4.54. The Labute approximate surface area is 201 Å². The summed E-state index contributed by atoms with van der Waals surface area (Å²) in [7, 11) is 0. The van der Waals surface area contributed by atoms with Gasteiger partial charge in [0.1, 0.15) is 6.10 Å². The molecule has 3 rings (SSSR count). The monoisotopic (exact) mass is 478 g/mol. The number of benzene rings is 2. The van der Waals surface area contributed by atoms with Gasteiger partial charge in [0.15, 0.2) is 5.60 Å². The van der Waals surface area contributed by atoms with E-state index in [2.05, 4.69) is 0 Å². The molecule has 1 aliphatic heterocycles. The highest BCUT2D eigenvalue weighted by Crippen LogP contribution is 2.48. The molecule has 6 atom stereocenters. The van der Waals surface area contributed by atoms with Crippen LogP contribution in [0.2, 0.25) is 0 Å². The molecule has 1 N–H and O–H groups in total. The van der Waals surface area contributed by atoms with Gasteiger partial charge in [-0.05, 0) is 31.4 Å². The SMILES string of the molecule is CCOC(O)C(F)(F)[C@]1(C)O[C@H](CC)[C@H](C)[C@H](OCc2ccccc2)[C@H]1OCc1ccccc1. The molecule has 1 fully saturated rings. The minimum atomic E-state index is -3.76. The molecule has 2 aromatic carbocycles. The lowest BCUT2D eigenvalue weighted by molar-refractivity contribution is -0.372. The maximum absolute atomic E-state index is 15.8. The van der Waals surface area contributed by atoms with Gasteiger partial charge in [-0.15, -0.1) is 0 Å². The molecule has 1 saturated heterocycles. The van der Waals surface area contributed by atoms with Gasteiger partial charge >= 0.3 is 5.92 Å². The first kappa shape index (κ1) is 26.7. The molecular formula is C27H36F2O5. The van der Waals surface area contributed by atoms with E-state index in [-0.39, 0.29) is 25.7 Å². The van der Waals surface area contributed by atoms with Gasteiger partial charge in [0.25, 0.3) is 0 Å². The summed E-state index contributed by atoms with van der Waals surface area (Å²) in [6.07, 6.45) is -4.21. The van der Waals surface area contributed by atoms with Crippen molar-refractivity contribution in [3.8, 4) is 0 Å². The highest BCUT2D eigenvalue weighted by atomic mass is 19.3. The third kappa shape index (κ3) is 5.66. The van der Waals surface area contributed by atoms with Crippen LogP contribution in [0.15, 0.2) is 60.7 Å². The number of hydrogen-bond acceptors (Lipinski definition) is 5. The number of alkyl halides is 2. The van der Waals surface area contributed by atoms with Crippen LogP contribution in [0.1, 0.15) is 45.2 Å². The van der Waals surface area contributed by atoms with Gasteiger partial charge < -0.3 is 24.1 Å². The van der Waals surface area contributed by atoms with Gasteiger partial charge in [-0.2, -0.15) is 8.78 Å². The van der Waals surface area contributed by atoms with Crippen molar-refractivity contribution in [2.24, 2.45) is 5.92 Å². The molecule has 0 aromatic heterocycles. The number of ether oxygens (including phenoxy) is 4. The Morgan fingerprint density at radius 1 is 0.971 bits per heavy atom. The summed E-state index contributed by atoms with van der Waals surface area (Å²) in [6, 6.07) is 18.9. The van der Waals surface area contributed by atoms with E-state index in [4.69, 9.17) is 18.9 Å². The summed E-state index contributed by atoms with van der Waals surface area (Å²) in [5.41, 5.74) is -0.422. The van der Waals surface area contributed by atoms with Crippen LogP contribution in [-0.2, 0) is 32.2 Å². The van der Waals surface area contributed by atoms with E-state index in [1.54, 1.807) is 6.92 Å². The lowest BCUT2D eigenvalue weighted by Gasteiger charge is -2.54. The summed E-state index contributed by atoms with van der Waals surface area (Å²) in [6.45, 7) is 6.93. The highest BCUT2D eigenvalue weighted by molar-refractivity contribution is 5.16. The standard InChI is InChI=1S/C27H36F2O5/c1-5-22-19(3)23(32-17-20-13-9-7-10-14-20)24(33-18-21-15-11-8-12-16-21)26(4,34-22)27(28,29)25(30)31-6-2/h7-16,19,22-25,30H,5-6,17-18H2,1-4H3/t19-,22+,23-,24+,25?,26+/m0/s1. The van der Waals surface area contributed by atoms with Crippen LogP contribution in [0.3, 0.4) is 0 Å². The second kappa shape index (κ2) is 11.7. The van der Waals surface area contributed by atoms with Crippen LogP contribution >= 0.6 is 0 Å². The molecule has 0 bridgehead atoms. The Hall–Kier alpha value is -1.90. The van der Waals surface area contributed by atoms with Crippen LogP contribution in [0.4, 0.5) is 8.78 Å². The van der Waals surface area contributed by atoms with Crippen LogP contribution in [0.5, 0.6) is 0 Å². The normalized spacial score (nSPS) is 28.6. The van der Waals surface area contributed by atoms with Crippen molar-refractivity contribution >= 4 is 0 Å². The number of halogens is 2. The highest BCUT2D eigenvalue weighted by Gasteiger charge is 2.67. The molecule has 188 valence electrons. The molecule has 2 aromatic rings. The predicted molar refractivity (Wildman–Crippen MR) is 125 cm³/mol. The van der Waals surface area contributed by atoms with Crippen molar-refractivity contribution in [3.05, 3.63) is 71.8 Å². The van der Waals surface area contributed by atoms with Gasteiger partial charge in [-0.25, -0.2) is 0 Å². The third-order valence-corrected chi connectivity index (χ3v) is 6.60. The largest absolute Gasteiger partial charge is 0.370 e. The quantitative estimate of drug-likeness (QED) is 0.441. The Morgan fingerprint density at radius 2 is 1.50 bits per heavy atom. The van der Waals surface area contributed by atoms with E-state index in [9.17, 15) is 5.11 Å². The summed E-state index contributed by atoms with van der Waals surface area (Å²) in [5, 5.41) is 10.3. The van der Waals surface area contributed by atoms with E-state index < -0.39 is 36.1 Å². The third-order valence-electron chi connectivity index (χ3n) is 6.60. The van der Waals surface area contributed by atoms with Crippen molar-refractivity contribution in [2.45, 2.75) is 83.5 Å². The first-order valence-corrected chi connectivity index (χ1v) is 11.9. The molecule has 7 heteroatoms. The molecular weight excluding hydrogens is 442 g/mol. The molecule has 1 heterocycles. The van der Waals surface area contributed by atoms with Gasteiger partial charge in [-0.1, -0.05) is 74.5 Å². The topological polar surface area (TPSA) is 57.2 Å². The van der Waals surface area contributed by atoms with E-state index >= 15 is 8.78 Å². The average Bonchev–Trinajstić information content (AvgIpc) is 2.84. The Bertz CT molecular complexity index is 866. The second-order valence-electron chi connectivity index (χ2n) is 8.94. The number of aliphatic hydroxyl groups is 1. The number of hydrogen-bond donors (Lipinski definition) is 1. The molecule has 0 radical (unpaired) electrons. The summed E-state index contributed by atoms with van der Waals surface area (Å²) in [4.78, 5) is 0. The first-order chi connectivity index (χ1) is 16.2. The Balaban J connectivity index is 1.97.